The molecule has 2 rings (SSSR count). The van der Waals surface area contributed by atoms with Crippen molar-refractivity contribution in [3.63, 3.8) is 0 Å². The van der Waals surface area contributed by atoms with E-state index in [1.54, 1.807) is 6.07 Å². The molecule has 0 aromatic heterocycles. The molecule has 0 bridgehead atoms. The van der Waals surface area contributed by atoms with Gasteiger partial charge in [0.15, 0.2) is 17.3 Å². The van der Waals surface area contributed by atoms with Crippen molar-refractivity contribution in [1.29, 1.82) is 0 Å². The first kappa shape index (κ1) is 25.6. The van der Waals surface area contributed by atoms with Crippen LogP contribution >= 0.6 is 11.8 Å². The van der Waals surface area contributed by atoms with E-state index in [-0.39, 0.29) is 28.4 Å². The summed E-state index contributed by atoms with van der Waals surface area (Å²) in [7, 11) is 2.62. The lowest BCUT2D eigenvalue weighted by molar-refractivity contribution is -0.385. The van der Waals surface area contributed by atoms with Crippen molar-refractivity contribution in [2.75, 3.05) is 20.0 Å². The predicted octanol–water partition coefficient (Wildman–Crippen LogP) is 4.43. The maximum absolute atomic E-state index is 12.6. The Bertz CT molecular complexity index is 1070. The van der Waals surface area contributed by atoms with Crippen LogP contribution in [0.5, 0.6) is 17.2 Å². The first-order valence-electron chi connectivity index (χ1n) is 9.16. The summed E-state index contributed by atoms with van der Waals surface area (Å²) in [6.07, 6.45) is 2.25. The highest BCUT2D eigenvalue weighted by Gasteiger charge is 2.21. The van der Waals surface area contributed by atoms with Crippen molar-refractivity contribution < 1.29 is 42.6 Å². The van der Waals surface area contributed by atoms with E-state index in [0.29, 0.717) is 11.3 Å². The molecule has 0 unspecified atom stereocenters. The Morgan fingerprint density at radius 1 is 1.15 bits per heavy atom. The Labute approximate surface area is 191 Å². The summed E-state index contributed by atoms with van der Waals surface area (Å²) in [6, 6.07) is 6.49. The van der Waals surface area contributed by atoms with Crippen LogP contribution in [0.4, 0.5) is 14.5 Å². The monoisotopic (exact) mass is 483 g/mol. The fourth-order valence-electron chi connectivity index (χ4n) is 2.76. The predicted molar refractivity (Wildman–Crippen MR) is 116 cm³/mol. The third-order valence-electron chi connectivity index (χ3n) is 4.19. The van der Waals surface area contributed by atoms with E-state index >= 15 is 0 Å². The third kappa shape index (κ3) is 7.17. The summed E-state index contributed by atoms with van der Waals surface area (Å²) in [5, 5.41) is 20.2. The van der Waals surface area contributed by atoms with E-state index in [0.717, 1.165) is 36.0 Å². The van der Waals surface area contributed by atoms with Gasteiger partial charge in [0.05, 0.1) is 36.5 Å². The van der Waals surface area contributed by atoms with Gasteiger partial charge in [0.1, 0.15) is 5.75 Å². The van der Waals surface area contributed by atoms with Gasteiger partial charge in [0.25, 0.3) is 5.69 Å². The molecular formula is C21H19F2NO8S. The van der Waals surface area contributed by atoms with E-state index in [4.69, 9.17) is 14.6 Å². The largest absolute Gasteiger partial charge is 0.496 e. The van der Waals surface area contributed by atoms with Crippen LogP contribution in [0.3, 0.4) is 0 Å². The van der Waals surface area contributed by atoms with Gasteiger partial charge in [-0.05, 0) is 36.4 Å². The first-order chi connectivity index (χ1) is 15.7. The highest BCUT2D eigenvalue weighted by molar-refractivity contribution is 7.99. The van der Waals surface area contributed by atoms with Gasteiger partial charge in [-0.2, -0.15) is 8.78 Å². The van der Waals surface area contributed by atoms with Gasteiger partial charge in [0, 0.05) is 16.9 Å². The van der Waals surface area contributed by atoms with E-state index in [2.05, 4.69) is 4.74 Å². The second-order valence-corrected chi connectivity index (χ2v) is 7.29. The Morgan fingerprint density at radius 2 is 1.85 bits per heavy atom. The lowest BCUT2D eigenvalue weighted by Crippen LogP contribution is -2.05. The molecule has 0 saturated carbocycles. The minimum atomic E-state index is -3.21. The topological polar surface area (TPSA) is 125 Å². The Kier molecular flexibility index (Phi) is 9.16. The molecule has 0 atom stereocenters. The fraction of sp³-hybridized carbons (Fsp3) is 0.238. The number of carbonyl (C=O) groups excluding carboxylic acids is 1. The molecule has 9 nitrogen and oxygen atoms in total. The van der Waals surface area contributed by atoms with Crippen LogP contribution in [0.15, 0.2) is 36.4 Å². The summed E-state index contributed by atoms with van der Waals surface area (Å²) >= 11 is 1.13. The average molecular weight is 483 g/mol. The second-order valence-electron chi connectivity index (χ2n) is 6.31. The number of ketones is 1. The number of carbonyl (C=O) groups is 2. The van der Waals surface area contributed by atoms with Crippen LogP contribution in [-0.4, -0.2) is 48.4 Å². The highest BCUT2D eigenvalue weighted by atomic mass is 32.2. The van der Waals surface area contributed by atoms with Crippen molar-refractivity contribution in [2.24, 2.45) is 0 Å². The molecule has 33 heavy (non-hydrogen) atoms. The first-order valence-corrected chi connectivity index (χ1v) is 10.3. The van der Waals surface area contributed by atoms with Gasteiger partial charge in [0.2, 0.25) is 0 Å². The van der Waals surface area contributed by atoms with Crippen molar-refractivity contribution >= 4 is 35.3 Å². The van der Waals surface area contributed by atoms with Crippen LogP contribution < -0.4 is 14.2 Å². The molecule has 0 heterocycles. The number of ether oxygens (including phenoxy) is 3. The van der Waals surface area contributed by atoms with Gasteiger partial charge >= 0.3 is 12.6 Å². The van der Waals surface area contributed by atoms with Crippen LogP contribution in [0, 0.1) is 10.1 Å². The lowest BCUT2D eigenvalue weighted by Gasteiger charge is -2.11. The number of allylic oxidation sites excluding steroid dienone is 1. The molecule has 2 aromatic carbocycles. The number of benzene rings is 2. The number of nitrogens with zero attached hydrogens (tertiary/aromatic N) is 1. The van der Waals surface area contributed by atoms with Gasteiger partial charge in [-0.3, -0.25) is 19.7 Å². The summed E-state index contributed by atoms with van der Waals surface area (Å²) in [4.78, 5) is 33.9. The minimum Gasteiger partial charge on any atom is -0.496 e. The molecule has 0 aliphatic heterocycles. The summed E-state index contributed by atoms with van der Waals surface area (Å²) < 4.78 is 39.6. The average Bonchev–Trinajstić information content (AvgIpc) is 2.76. The number of alkyl halides is 2. The number of carboxylic acid groups (broad SMARTS) is 1. The minimum absolute atomic E-state index is 0.0578. The summed E-state index contributed by atoms with van der Waals surface area (Å²) in [5.41, 5.74) is 0.225. The number of nitro groups is 1. The number of rotatable bonds is 12. The molecule has 176 valence electrons. The molecule has 0 aliphatic carbocycles. The number of hydrogen-bond donors (Lipinski definition) is 1. The quantitative estimate of drug-likeness (QED) is 0.202. The lowest BCUT2D eigenvalue weighted by atomic mass is 10.0. The molecule has 0 amide bonds. The zero-order chi connectivity index (χ0) is 24.5. The number of aliphatic carboxylic acids is 1. The number of halogens is 2. The Balaban J connectivity index is 2.34. The van der Waals surface area contributed by atoms with Gasteiger partial charge in [-0.25, -0.2) is 0 Å². The maximum Gasteiger partial charge on any atom is 0.387 e. The molecular weight excluding hydrogens is 464 g/mol. The molecule has 1 N–H and O–H groups in total. The van der Waals surface area contributed by atoms with E-state index < -0.39 is 34.7 Å². The Hall–Kier alpha value is -3.67. The second kappa shape index (κ2) is 11.8. The number of carboxylic acids is 1. The van der Waals surface area contributed by atoms with E-state index in [1.807, 2.05) is 0 Å². The molecule has 0 aliphatic rings. The fourth-order valence-corrected chi connectivity index (χ4v) is 3.48. The van der Waals surface area contributed by atoms with Crippen molar-refractivity contribution in [2.45, 2.75) is 12.4 Å². The molecule has 0 spiro atoms. The van der Waals surface area contributed by atoms with E-state index in [1.165, 1.54) is 26.4 Å². The van der Waals surface area contributed by atoms with Crippen LogP contribution in [0.2, 0.25) is 0 Å². The zero-order valence-electron chi connectivity index (χ0n) is 17.4. The summed E-state index contributed by atoms with van der Waals surface area (Å²) in [5.74, 6) is -1.52. The smallest absolute Gasteiger partial charge is 0.387 e. The van der Waals surface area contributed by atoms with Crippen LogP contribution in [0.1, 0.15) is 21.5 Å². The van der Waals surface area contributed by atoms with Crippen molar-refractivity contribution in [3.05, 3.63) is 63.2 Å². The van der Waals surface area contributed by atoms with Crippen LogP contribution in [-0.2, 0) is 10.5 Å². The standard InChI is InChI=1S/C21H19F2NO8S/c1-30-17-6-4-13(7-14(17)10-33-11-20(26)27)16(25)5-3-12-8-18(31-2)19(32-21(22)23)9-15(12)24(28)29/h3-9,21H,10-11H2,1-2H3,(H,26,27)/b5-3+. The van der Waals surface area contributed by atoms with Gasteiger partial charge in [-0.15, -0.1) is 11.8 Å². The SMILES string of the molecule is COc1ccc(C(=O)/C=C/c2cc(OC)c(OC(F)F)cc2[N+](=O)[O-])cc1CSCC(=O)O. The molecule has 0 saturated heterocycles. The Morgan fingerprint density at radius 3 is 2.42 bits per heavy atom. The molecule has 0 fully saturated rings. The summed E-state index contributed by atoms with van der Waals surface area (Å²) in [6.45, 7) is -3.21. The number of thioether (sulfide) groups is 1. The zero-order valence-corrected chi connectivity index (χ0v) is 18.3. The van der Waals surface area contributed by atoms with Crippen molar-refractivity contribution in [1.82, 2.24) is 0 Å². The van der Waals surface area contributed by atoms with Gasteiger partial charge < -0.3 is 19.3 Å². The molecule has 12 heteroatoms. The van der Waals surface area contributed by atoms with Crippen LogP contribution in [0.25, 0.3) is 6.08 Å². The van der Waals surface area contributed by atoms with Crippen molar-refractivity contribution in [3.8, 4) is 17.2 Å². The maximum atomic E-state index is 12.6. The highest BCUT2D eigenvalue weighted by Crippen LogP contribution is 2.36. The third-order valence-corrected chi connectivity index (χ3v) is 5.15. The molecule has 0 radical (unpaired) electrons. The molecule has 2 aromatic rings. The van der Waals surface area contributed by atoms with Gasteiger partial charge in [-0.1, -0.05) is 0 Å². The number of methoxy groups -OCH3 is 2. The number of hydrogen-bond acceptors (Lipinski definition) is 8. The number of nitro benzene ring substituents is 1. The van der Waals surface area contributed by atoms with E-state index in [9.17, 15) is 28.5 Å². The normalized spacial score (nSPS) is 10.9.